The minimum absolute atomic E-state index is 0.00721. The molecular weight excluding hydrogens is 363 g/mol. The van der Waals surface area contributed by atoms with Gasteiger partial charge in [-0.2, -0.15) is 0 Å². The van der Waals surface area contributed by atoms with Gasteiger partial charge in [-0.1, -0.05) is 32.4 Å². The summed E-state index contributed by atoms with van der Waals surface area (Å²) in [6, 6.07) is 2.32. The van der Waals surface area contributed by atoms with Crippen LogP contribution in [0.25, 0.3) is 0 Å². The van der Waals surface area contributed by atoms with E-state index in [1.54, 1.807) is 0 Å². The van der Waals surface area contributed by atoms with Gasteiger partial charge in [0.25, 0.3) is 5.91 Å². The maximum Gasteiger partial charge on any atom is 0.295 e. The average Bonchev–Trinajstić information content (AvgIpc) is 2.82. The topological polar surface area (TPSA) is 70.7 Å². The maximum absolute atomic E-state index is 13.1. The van der Waals surface area contributed by atoms with Crippen LogP contribution >= 0.6 is 27.5 Å². The molecule has 0 atom stereocenters. The van der Waals surface area contributed by atoms with Crippen LogP contribution in [0, 0.1) is 5.82 Å². The summed E-state index contributed by atoms with van der Waals surface area (Å²) < 4.78 is 13.5. The molecule has 0 radical (unpaired) electrons. The first-order valence-corrected chi connectivity index (χ1v) is 7.24. The summed E-state index contributed by atoms with van der Waals surface area (Å²) in [5.74, 6) is -0.446. The van der Waals surface area contributed by atoms with Crippen LogP contribution < -0.4 is 5.32 Å². The van der Waals surface area contributed by atoms with Gasteiger partial charge >= 0.3 is 0 Å². The average molecular weight is 376 g/mol. The zero-order valence-corrected chi connectivity index (χ0v) is 13.9. The molecule has 5 nitrogen and oxygen atoms in total. The predicted molar refractivity (Wildman–Crippen MR) is 82.1 cm³/mol. The summed E-state index contributed by atoms with van der Waals surface area (Å²) in [5.41, 5.74) is 0.0183. The van der Waals surface area contributed by atoms with Crippen LogP contribution in [-0.4, -0.2) is 21.1 Å². The normalized spacial score (nSPS) is 11.5. The molecule has 0 fully saturated rings. The molecule has 1 heterocycles. The third-order valence-electron chi connectivity index (χ3n) is 2.64. The summed E-state index contributed by atoms with van der Waals surface area (Å²) in [4.78, 5) is 16.3. The van der Waals surface area contributed by atoms with Gasteiger partial charge in [0.2, 0.25) is 5.82 Å². The molecule has 21 heavy (non-hydrogen) atoms. The molecule has 2 rings (SSSR count). The van der Waals surface area contributed by atoms with E-state index >= 15 is 0 Å². The number of rotatable bonds is 2. The Morgan fingerprint density at radius 1 is 1.43 bits per heavy atom. The number of halogens is 3. The second-order valence-corrected chi connectivity index (χ2v) is 6.72. The molecule has 0 saturated carbocycles. The molecule has 1 aromatic heterocycles. The SMILES string of the molecule is CC(C)(C)c1nc(C(=O)Nc2c(Cl)cc(F)cc2Br)n[nH]1. The number of H-pyrrole nitrogens is 1. The van der Waals surface area contributed by atoms with Crippen molar-refractivity contribution in [3.63, 3.8) is 0 Å². The Bertz CT molecular complexity index is 673. The van der Waals surface area contributed by atoms with Crippen molar-refractivity contribution < 1.29 is 9.18 Å². The number of nitrogens with zero attached hydrogens (tertiary/aromatic N) is 2. The largest absolute Gasteiger partial charge is 0.317 e. The first-order chi connectivity index (χ1) is 9.68. The van der Waals surface area contributed by atoms with Gasteiger partial charge in [0.05, 0.1) is 10.7 Å². The van der Waals surface area contributed by atoms with E-state index in [9.17, 15) is 9.18 Å². The number of carbonyl (C=O) groups is 1. The van der Waals surface area contributed by atoms with Gasteiger partial charge in [-0.3, -0.25) is 9.89 Å². The Morgan fingerprint density at radius 2 is 2.10 bits per heavy atom. The van der Waals surface area contributed by atoms with Gasteiger partial charge in [-0.05, 0) is 28.1 Å². The lowest BCUT2D eigenvalue weighted by molar-refractivity contribution is 0.101. The van der Waals surface area contributed by atoms with Crippen LogP contribution in [0.5, 0.6) is 0 Å². The molecule has 1 aromatic carbocycles. The van der Waals surface area contributed by atoms with E-state index in [4.69, 9.17) is 11.6 Å². The van der Waals surface area contributed by atoms with Gasteiger partial charge in [0, 0.05) is 9.89 Å². The molecular formula is C13H13BrClFN4O. The number of anilines is 1. The second kappa shape index (κ2) is 5.73. The van der Waals surface area contributed by atoms with E-state index in [1.807, 2.05) is 20.8 Å². The lowest BCUT2D eigenvalue weighted by atomic mass is 9.96. The minimum atomic E-state index is -0.532. The smallest absolute Gasteiger partial charge is 0.295 e. The Kier molecular flexibility index (Phi) is 4.34. The predicted octanol–water partition coefficient (Wildman–Crippen LogP) is 3.91. The zero-order valence-electron chi connectivity index (χ0n) is 11.6. The van der Waals surface area contributed by atoms with Gasteiger partial charge in [-0.15, -0.1) is 5.10 Å². The molecule has 0 bridgehead atoms. The van der Waals surface area contributed by atoms with E-state index in [1.165, 1.54) is 6.07 Å². The monoisotopic (exact) mass is 374 g/mol. The highest BCUT2D eigenvalue weighted by Crippen LogP contribution is 2.32. The summed E-state index contributed by atoms with van der Waals surface area (Å²) in [6.45, 7) is 5.84. The van der Waals surface area contributed by atoms with E-state index in [-0.39, 0.29) is 21.9 Å². The fourth-order valence-corrected chi connectivity index (χ4v) is 2.43. The number of benzene rings is 1. The summed E-state index contributed by atoms with van der Waals surface area (Å²) in [6.07, 6.45) is 0. The first-order valence-electron chi connectivity index (χ1n) is 6.07. The number of aromatic amines is 1. The number of aromatic nitrogens is 3. The van der Waals surface area contributed by atoms with Crippen molar-refractivity contribution in [3.05, 3.63) is 39.1 Å². The standard InChI is InChI=1S/C13H13BrClFN4O/c1-13(2,3)12-18-10(19-20-12)11(21)17-9-7(14)4-6(16)5-8(9)15/h4-5H,1-3H3,(H,17,21)(H,18,19,20). The van der Waals surface area contributed by atoms with Gasteiger partial charge in [-0.25, -0.2) is 9.37 Å². The number of amides is 1. The molecule has 2 aromatic rings. The van der Waals surface area contributed by atoms with Crippen molar-refractivity contribution in [2.75, 3.05) is 5.32 Å². The van der Waals surface area contributed by atoms with E-state index in [0.29, 0.717) is 10.3 Å². The summed E-state index contributed by atoms with van der Waals surface area (Å²) in [5, 5.41) is 9.24. The number of hydrogen-bond donors (Lipinski definition) is 2. The second-order valence-electron chi connectivity index (χ2n) is 5.46. The fraction of sp³-hybridized carbons (Fsp3) is 0.308. The van der Waals surface area contributed by atoms with Gasteiger partial charge in [0.1, 0.15) is 11.6 Å². The molecule has 0 aliphatic carbocycles. The van der Waals surface area contributed by atoms with Crippen LogP contribution in [0.2, 0.25) is 5.02 Å². The Morgan fingerprint density at radius 3 is 2.62 bits per heavy atom. The molecule has 1 amide bonds. The van der Waals surface area contributed by atoms with Crippen molar-refractivity contribution in [3.8, 4) is 0 Å². The molecule has 0 saturated heterocycles. The van der Waals surface area contributed by atoms with Crippen molar-refractivity contribution in [2.45, 2.75) is 26.2 Å². The highest BCUT2D eigenvalue weighted by atomic mass is 79.9. The highest BCUT2D eigenvalue weighted by Gasteiger charge is 2.22. The van der Waals surface area contributed by atoms with Crippen LogP contribution in [0.15, 0.2) is 16.6 Å². The van der Waals surface area contributed by atoms with Crippen LogP contribution in [0.1, 0.15) is 37.2 Å². The lowest BCUT2D eigenvalue weighted by Crippen LogP contribution is -2.16. The molecule has 8 heteroatoms. The fourth-order valence-electron chi connectivity index (χ4n) is 1.53. The Balaban J connectivity index is 2.25. The third-order valence-corrected chi connectivity index (χ3v) is 3.57. The van der Waals surface area contributed by atoms with E-state index in [0.717, 1.165) is 6.07 Å². The molecule has 0 aliphatic heterocycles. The summed E-state index contributed by atoms with van der Waals surface area (Å²) >= 11 is 9.06. The highest BCUT2D eigenvalue weighted by molar-refractivity contribution is 9.10. The Labute approximate surface area is 134 Å². The molecule has 0 aliphatic rings. The number of nitrogens with one attached hydrogen (secondary N) is 2. The first kappa shape index (κ1) is 15.9. The maximum atomic E-state index is 13.1. The lowest BCUT2D eigenvalue weighted by Gasteiger charge is -2.12. The Hall–Kier alpha value is -1.47. The number of carbonyl (C=O) groups excluding carboxylic acids is 1. The van der Waals surface area contributed by atoms with Crippen LogP contribution in [-0.2, 0) is 5.41 Å². The van der Waals surface area contributed by atoms with E-state index in [2.05, 4.69) is 36.4 Å². The molecule has 2 N–H and O–H groups in total. The molecule has 0 spiro atoms. The third kappa shape index (κ3) is 3.59. The van der Waals surface area contributed by atoms with Gasteiger partial charge < -0.3 is 5.32 Å². The van der Waals surface area contributed by atoms with E-state index < -0.39 is 11.7 Å². The van der Waals surface area contributed by atoms with Crippen molar-refractivity contribution in [1.82, 2.24) is 15.2 Å². The van der Waals surface area contributed by atoms with Crippen molar-refractivity contribution >= 4 is 39.1 Å². The van der Waals surface area contributed by atoms with Crippen molar-refractivity contribution in [1.29, 1.82) is 0 Å². The molecule has 0 unspecified atom stereocenters. The minimum Gasteiger partial charge on any atom is -0.317 e. The molecule has 112 valence electrons. The van der Waals surface area contributed by atoms with Crippen LogP contribution in [0.4, 0.5) is 10.1 Å². The van der Waals surface area contributed by atoms with Crippen molar-refractivity contribution in [2.24, 2.45) is 0 Å². The number of hydrogen-bond acceptors (Lipinski definition) is 3. The quantitative estimate of drug-likeness (QED) is 0.836. The summed E-state index contributed by atoms with van der Waals surface area (Å²) in [7, 11) is 0. The van der Waals surface area contributed by atoms with Gasteiger partial charge in [0.15, 0.2) is 0 Å². The zero-order chi connectivity index (χ0) is 15.8. The van der Waals surface area contributed by atoms with Crippen LogP contribution in [0.3, 0.4) is 0 Å².